The predicted octanol–water partition coefficient (Wildman–Crippen LogP) is 3.62. The number of amides is 1. The fraction of sp³-hybridized carbons (Fsp3) is 0.500. The first kappa shape index (κ1) is 15.2. The zero-order valence-corrected chi connectivity index (χ0v) is 13.2. The standard InChI is InChI=1S/C12H16BrNO3S/c1-12(2,3)17-11(16)14(4)9(7-15)10-8(13)5-6-18-10/h5-7,9H,1-4H3. The summed E-state index contributed by atoms with van der Waals surface area (Å²) in [7, 11) is 1.55. The van der Waals surface area contributed by atoms with Gasteiger partial charge in [-0.1, -0.05) is 0 Å². The van der Waals surface area contributed by atoms with Crippen LogP contribution in [0.5, 0.6) is 0 Å². The lowest BCUT2D eigenvalue weighted by Gasteiger charge is -2.27. The molecule has 0 aliphatic rings. The molecule has 1 rings (SSSR count). The Labute approximate surface area is 119 Å². The lowest BCUT2D eigenvalue weighted by molar-refractivity contribution is -0.112. The van der Waals surface area contributed by atoms with Crippen molar-refractivity contribution in [1.29, 1.82) is 0 Å². The molecule has 0 spiro atoms. The number of ether oxygens (including phenoxy) is 1. The number of hydrogen-bond acceptors (Lipinski definition) is 4. The van der Waals surface area contributed by atoms with Gasteiger partial charge in [-0.05, 0) is 48.1 Å². The summed E-state index contributed by atoms with van der Waals surface area (Å²) in [5, 5.41) is 1.86. The quantitative estimate of drug-likeness (QED) is 0.793. The van der Waals surface area contributed by atoms with E-state index in [0.717, 1.165) is 15.6 Å². The van der Waals surface area contributed by atoms with E-state index >= 15 is 0 Å². The van der Waals surface area contributed by atoms with E-state index in [1.807, 2.05) is 11.4 Å². The lowest BCUT2D eigenvalue weighted by atomic mass is 10.2. The SMILES string of the molecule is CN(C(=O)OC(C)(C)C)C(C=O)c1sccc1Br. The topological polar surface area (TPSA) is 46.6 Å². The number of carbonyl (C=O) groups is 2. The van der Waals surface area contributed by atoms with E-state index in [-0.39, 0.29) is 0 Å². The van der Waals surface area contributed by atoms with Gasteiger partial charge in [0.05, 0.1) is 0 Å². The fourth-order valence-electron chi connectivity index (χ4n) is 1.29. The minimum absolute atomic E-state index is 0.514. The Kier molecular flexibility index (Phi) is 4.92. The molecule has 1 atom stereocenters. The van der Waals surface area contributed by atoms with Gasteiger partial charge in [0.15, 0.2) is 0 Å². The van der Waals surface area contributed by atoms with Gasteiger partial charge in [-0.2, -0.15) is 0 Å². The second kappa shape index (κ2) is 5.84. The minimum atomic E-state index is -0.630. The summed E-state index contributed by atoms with van der Waals surface area (Å²) in [6.07, 6.45) is 0.223. The van der Waals surface area contributed by atoms with Gasteiger partial charge in [-0.15, -0.1) is 11.3 Å². The van der Waals surface area contributed by atoms with Crippen LogP contribution in [0.4, 0.5) is 4.79 Å². The summed E-state index contributed by atoms with van der Waals surface area (Å²) in [6, 6.07) is 1.22. The van der Waals surface area contributed by atoms with Gasteiger partial charge in [0, 0.05) is 16.4 Å². The molecule has 0 aliphatic heterocycles. The number of nitrogens with zero attached hydrogens (tertiary/aromatic N) is 1. The molecule has 0 saturated carbocycles. The number of thiophene rings is 1. The molecule has 0 bridgehead atoms. The van der Waals surface area contributed by atoms with E-state index in [0.29, 0.717) is 0 Å². The Morgan fingerprint density at radius 2 is 2.17 bits per heavy atom. The van der Waals surface area contributed by atoms with Gasteiger partial charge >= 0.3 is 6.09 Å². The maximum Gasteiger partial charge on any atom is 0.410 e. The zero-order chi connectivity index (χ0) is 13.9. The molecule has 0 saturated heterocycles. The average molecular weight is 334 g/mol. The van der Waals surface area contributed by atoms with Crippen LogP contribution in [0.3, 0.4) is 0 Å². The van der Waals surface area contributed by atoms with Crippen molar-refractivity contribution >= 4 is 39.6 Å². The second-order valence-electron chi connectivity index (χ2n) is 4.80. The van der Waals surface area contributed by atoms with Gasteiger partial charge in [0.25, 0.3) is 0 Å². The van der Waals surface area contributed by atoms with Crippen LogP contribution in [0.2, 0.25) is 0 Å². The van der Waals surface area contributed by atoms with Crippen LogP contribution in [0.1, 0.15) is 31.7 Å². The van der Waals surface area contributed by atoms with Crippen LogP contribution < -0.4 is 0 Å². The van der Waals surface area contributed by atoms with Crippen molar-refractivity contribution in [3.63, 3.8) is 0 Å². The van der Waals surface area contributed by atoms with Crippen molar-refractivity contribution in [3.05, 3.63) is 20.8 Å². The van der Waals surface area contributed by atoms with Gasteiger partial charge in [-0.25, -0.2) is 4.79 Å². The Morgan fingerprint density at radius 3 is 2.56 bits per heavy atom. The van der Waals surface area contributed by atoms with Gasteiger partial charge in [0.2, 0.25) is 0 Å². The lowest BCUT2D eigenvalue weighted by Crippen LogP contribution is -2.37. The highest BCUT2D eigenvalue weighted by atomic mass is 79.9. The maximum absolute atomic E-state index is 11.9. The monoisotopic (exact) mass is 333 g/mol. The maximum atomic E-state index is 11.9. The van der Waals surface area contributed by atoms with Crippen molar-refractivity contribution in [2.45, 2.75) is 32.4 Å². The Hall–Kier alpha value is -0.880. The van der Waals surface area contributed by atoms with E-state index < -0.39 is 17.7 Å². The predicted molar refractivity (Wildman–Crippen MR) is 74.8 cm³/mol. The van der Waals surface area contributed by atoms with E-state index in [1.54, 1.807) is 27.8 Å². The Bertz CT molecular complexity index is 439. The van der Waals surface area contributed by atoms with Crippen LogP contribution in [0.15, 0.2) is 15.9 Å². The van der Waals surface area contributed by atoms with E-state index in [4.69, 9.17) is 4.74 Å². The molecule has 1 amide bonds. The molecule has 0 aromatic carbocycles. The van der Waals surface area contributed by atoms with E-state index in [9.17, 15) is 9.59 Å². The first-order valence-corrected chi connectivity index (χ1v) is 7.07. The molecule has 0 N–H and O–H groups in total. The molecule has 0 radical (unpaired) electrons. The summed E-state index contributed by atoms with van der Waals surface area (Å²) in [5.41, 5.74) is -0.578. The minimum Gasteiger partial charge on any atom is -0.444 e. The fourth-order valence-corrected chi connectivity index (χ4v) is 3.00. The molecular formula is C12H16BrNO3S. The van der Waals surface area contributed by atoms with Crippen LogP contribution in [-0.4, -0.2) is 29.9 Å². The molecular weight excluding hydrogens is 318 g/mol. The van der Waals surface area contributed by atoms with Crippen LogP contribution in [0.25, 0.3) is 0 Å². The normalized spacial score (nSPS) is 12.9. The van der Waals surface area contributed by atoms with E-state index in [1.165, 1.54) is 16.2 Å². The molecule has 18 heavy (non-hydrogen) atoms. The number of rotatable bonds is 3. The number of aldehydes is 1. The average Bonchev–Trinajstić information content (AvgIpc) is 2.63. The van der Waals surface area contributed by atoms with Gasteiger partial charge in [-0.3, -0.25) is 4.90 Å². The molecule has 1 heterocycles. The molecule has 1 aromatic heterocycles. The molecule has 6 heteroatoms. The summed E-state index contributed by atoms with van der Waals surface area (Å²) in [4.78, 5) is 25.2. The van der Waals surface area contributed by atoms with Crippen molar-refractivity contribution in [2.75, 3.05) is 7.05 Å². The first-order chi connectivity index (χ1) is 8.26. The summed E-state index contributed by atoms with van der Waals surface area (Å²) >= 11 is 4.78. The zero-order valence-electron chi connectivity index (χ0n) is 10.8. The Balaban J connectivity index is 2.87. The number of hydrogen-bond donors (Lipinski definition) is 0. The van der Waals surface area contributed by atoms with Crippen molar-refractivity contribution in [1.82, 2.24) is 4.90 Å². The largest absolute Gasteiger partial charge is 0.444 e. The molecule has 4 nitrogen and oxygen atoms in total. The first-order valence-electron chi connectivity index (χ1n) is 5.40. The van der Waals surface area contributed by atoms with E-state index in [2.05, 4.69) is 15.9 Å². The highest BCUT2D eigenvalue weighted by Crippen LogP contribution is 2.31. The summed E-state index contributed by atoms with van der Waals surface area (Å²) in [6.45, 7) is 5.36. The van der Waals surface area contributed by atoms with Crippen LogP contribution in [0, 0.1) is 0 Å². The third-order valence-electron chi connectivity index (χ3n) is 2.14. The van der Waals surface area contributed by atoms with Crippen LogP contribution >= 0.6 is 27.3 Å². The molecule has 100 valence electrons. The van der Waals surface area contributed by atoms with Crippen molar-refractivity contribution in [3.8, 4) is 0 Å². The molecule has 0 fully saturated rings. The number of carbonyl (C=O) groups excluding carboxylic acids is 2. The number of likely N-dealkylation sites (N-methyl/N-ethyl adjacent to an activating group) is 1. The van der Waals surface area contributed by atoms with Crippen molar-refractivity contribution < 1.29 is 14.3 Å². The molecule has 1 unspecified atom stereocenters. The third-order valence-corrected chi connectivity index (χ3v) is 4.08. The second-order valence-corrected chi connectivity index (χ2v) is 6.61. The Morgan fingerprint density at radius 1 is 1.56 bits per heavy atom. The smallest absolute Gasteiger partial charge is 0.410 e. The number of halogens is 1. The highest BCUT2D eigenvalue weighted by molar-refractivity contribution is 9.10. The summed E-state index contributed by atoms with van der Waals surface area (Å²) in [5.74, 6) is 0. The van der Waals surface area contributed by atoms with Crippen molar-refractivity contribution in [2.24, 2.45) is 0 Å². The van der Waals surface area contributed by atoms with Gasteiger partial charge in [0.1, 0.15) is 17.9 Å². The molecule has 1 aromatic rings. The molecule has 0 aliphatic carbocycles. The van der Waals surface area contributed by atoms with Gasteiger partial charge < -0.3 is 9.53 Å². The highest BCUT2D eigenvalue weighted by Gasteiger charge is 2.27. The third kappa shape index (κ3) is 3.81. The summed E-state index contributed by atoms with van der Waals surface area (Å²) < 4.78 is 6.06. The van der Waals surface area contributed by atoms with Crippen LogP contribution in [-0.2, 0) is 9.53 Å².